The van der Waals surface area contributed by atoms with Gasteiger partial charge >= 0.3 is 11.9 Å². The highest BCUT2D eigenvalue weighted by Crippen LogP contribution is 2.47. The molecule has 0 amide bonds. The Balaban J connectivity index is 0. The Morgan fingerprint density at radius 1 is 1.05 bits per heavy atom. The van der Waals surface area contributed by atoms with Gasteiger partial charge in [-0.15, -0.1) is 0 Å². The van der Waals surface area contributed by atoms with Crippen LogP contribution in [0.2, 0.25) is 0 Å². The van der Waals surface area contributed by atoms with Gasteiger partial charge in [0.05, 0.1) is 6.61 Å². The molecule has 1 atom stereocenters. The monoisotopic (exact) mass is 311 g/mol. The van der Waals surface area contributed by atoms with E-state index in [0.717, 1.165) is 19.3 Å². The summed E-state index contributed by atoms with van der Waals surface area (Å²) in [4.78, 5) is 20.7. The highest BCUT2D eigenvalue weighted by Gasteiger charge is 2.15. The fourth-order valence-corrected chi connectivity index (χ4v) is 2.42. The molecule has 7 nitrogen and oxygen atoms in total. The van der Waals surface area contributed by atoms with Gasteiger partial charge < -0.3 is 19.3 Å². The predicted octanol–water partition coefficient (Wildman–Crippen LogP) is 3.07. The molecule has 0 fully saturated rings. The molecular formula is C12H26NO6P. The Bertz CT molecular complexity index is 345. The number of carboxylic acid groups (broad SMARTS) is 2. The van der Waals surface area contributed by atoms with Crippen molar-refractivity contribution in [2.45, 2.75) is 39.5 Å². The van der Waals surface area contributed by atoms with E-state index in [1.807, 2.05) is 0 Å². The molecule has 20 heavy (non-hydrogen) atoms. The van der Waals surface area contributed by atoms with Crippen LogP contribution in [0.5, 0.6) is 0 Å². The number of carboxylic acids is 2. The van der Waals surface area contributed by atoms with Crippen LogP contribution < -0.4 is 0 Å². The summed E-state index contributed by atoms with van der Waals surface area (Å²) in [5.41, 5.74) is 0. The van der Waals surface area contributed by atoms with Crippen LogP contribution in [0.15, 0.2) is 4.74 Å². The van der Waals surface area contributed by atoms with Crippen LogP contribution in [0.3, 0.4) is 0 Å². The molecule has 0 aromatic rings. The Kier molecular flexibility index (Phi) is 12.7. The SMILES string of the molecule is C.CN=P(C)(OCCCCCCC(=O)O)OCC(=O)O. The molecule has 0 aliphatic carbocycles. The van der Waals surface area contributed by atoms with Crippen molar-refractivity contribution >= 4 is 19.4 Å². The first-order valence-corrected chi connectivity index (χ1v) is 8.12. The Hall–Kier alpha value is -0.910. The van der Waals surface area contributed by atoms with Gasteiger partial charge in [0.15, 0.2) is 6.61 Å². The molecule has 0 heterocycles. The number of unbranched alkanes of at least 4 members (excludes halogenated alkanes) is 3. The number of rotatable bonds is 11. The van der Waals surface area contributed by atoms with Crippen molar-refractivity contribution < 1.29 is 28.8 Å². The molecular weight excluding hydrogens is 285 g/mol. The summed E-state index contributed by atoms with van der Waals surface area (Å²) in [6.07, 6.45) is 3.34. The topological polar surface area (TPSA) is 105 Å². The second-order valence-corrected chi connectivity index (χ2v) is 6.58. The molecule has 0 spiro atoms. The maximum atomic E-state index is 10.4. The van der Waals surface area contributed by atoms with Crippen LogP contribution in [-0.4, -0.2) is 49.1 Å². The van der Waals surface area contributed by atoms with Crippen molar-refractivity contribution in [3.8, 4) is 0 Å². The third-order valence-electron chi connectivity index (χ3n) is 2.41. The van der Waals surface area contributed by atoms with Crippen molar-refractivity contribution in [3.63, 3.8) is 0 Å². The molecule has 0 aromatic heterocycles. The summed E-state index contributed by atoms with van der Waals surface area (Å²) in [6.45, 7) is 1.69. The van der Waals surface area contributed by atoms with Crippen molar-refractivity contribution in [1.29, 1.82) is 0 Å². The summed E-state index contributed by atoms with van der Waals surface area (Å²) in [5, 5.41) is 17.0. The molecule has 0 aromatic carbocycles. The van der Waals surface area contributed by atoms with Crippen molar-refractivity contribution in [2.24, 2.45) is 4.74 Å². The minimum atomic E-state index is -2.43. The maximum absolute atomic E-state index is 10.4. The zero-order chi connectivity index (χ0) is 14.7. The van der Waals surface area contributed by atoms with Gasteiger partial charge in [-0.2, -0.15) is 0 Å². The standard InChI is InChI=1S/C11H22NO6P.CH4/c1-12-19(2,18-9-11(15)16)17-8-6-4-3-5-7-10(13)14;/h3-9H2,1-2H3,(H,13,14)(H,15,16);1H4. The third-order valence-corrected chi connectivity index (χ3v) is 4.40. The van der Waals surface area contributed by atoms with Crippen LogP contribution in [0.1, 0.15) is 39.5 Å². The van der Waals surface area contributed by atoms with E-state index in [9.17, 15) is 9.59 Å². The molecule has 120 valence electrons. The van der Waals surface area contributed by atoms with E-state index in [1.54, 1.807) is 13.7 Å². The fourth-order valence-electron chi connectivity index (χ4n) is 1.29. The lowest BCUT2D eigenvalue weighted by atomic mass is 10.1. The number of hydrogen-bond acceptors (Lipinski definition) is 5. The largest absolute Gasteiger partial charge is 0.481 e. The first-order chi connectivity index (χ1) is 8.89. The quantitative estimate of drug-likeness (QED) is 0.449. The first kappa shape index (κ1) is 21.4. The average molecular weight is 311 g/mol. The molecule has 0 aliphatic heterocycles. The van der Waals surface area contributed by atoms with Gasteiger partial charge in [-0.1, -0.05) is 20.3 Å². The van der Waals surface area contributed by atoms with Crippen LogP contribution in [0, 0.1) is 0 Å². The zero-order valence-corrected chi connectivity index (χ0v) is 12.3. The van der Waals surface area contributed by atoms with Gasteiger partial charge in [0, 0.05) is 20.1 Å². The molecule has 0 rings (SSSR count). The average Bonchev–Trinajstić information content (AvgIpc) is 2.35. The lowest BCUT2D eigenvalue weighted by molar-refractivity contribution is -0.139. The minimum Gasteiger partial charge on any atom is -0.481 e. The fraction of sp³-hybridized carbons (Fsp3) is 0.833. The normalized spacial score (nSPS) is 13.1. The minimum absolute atomic E-state index is 0. The molecule has 0 bridgehead atoms. The molecule has 8 heteroatoms. The molecule has 0 aliphatic rings. The molecule has 0 radical (unpaired) electrons. The second-order valence-electron chi connectivity index (χ2n) is 4.06. The molecule has 1 unspecified atom stereocenters. The number of nitrogens with zero attached hydrogens (tertiary/aromatic N) is 1. The lowest BCUT2D eigenvalue weighted by Gasteiger charge is -2.18. The second kappa shape index (κ2) is 11.9. The van der Waals surface area contributed by atoms with Crippen LogP contribution in [-0.2, 0) is 18.6 Å². The van der Waals surface area contributed by atoms with E-state index in [0.29, 0.717) is 13.0 Å². The summed E-state index contributed by atoms with van der Waals surface area (Å²) in [5.74, 6) is -1.83. The van der Waals surface area contributed by atoms with E-state index in [4.69, 9.17) is 19.3 Å². The number of carbonyl (C=O) groups is 2. The van der Waals surface area contributed by atoms with E-state index >= 15 is 0 Å². The van der Waals surface area contributed by atoms with E-state index in [1.165, 1.54) is 0 Å². The molecule has 0 saturated heterocycles. The van der Waals surface area contributed by atoms with Gasteiger partial charge in [-0.05, 0) is 12.8 Å². The summed E-state index contributed by atoms with van der Waals surface area (Å²) in [6, 6.07) is 0. The van der Waals surface area contributed by atoms with Crippen molar-refractivity contribution in [1.82, 2.24) is 0 Å². The zero-order valence-electron chi connectivity index (χ0n) is 11.4. The van der Waals surface area contributed by atoms with Crippen LogP contribution >= 0.6 is 7.51 Å². The van der Waals surface area contributed by atoms with E-state index in [-0.39, 0.29) is 13.8 Å². The summed E-state index contributed by atoms with van der Waals surface area (Å²) >= 11 is 0. The maximum Gasteiger partial charge on any atom is 0.330 e. The Morgan fingerprint density at radius 2 is 1.65 bits per heavy atom. The van der Waals surface area contributed by atoms with Gasteiger partial charge in [-0.25, -0.2) is 4.79 Å². The Labute approximate surface area is 120 Å². The number of aliphatic carboxylic acids is 2. The summed E-state index contributed by atoms with van der Waals surface area (Å²) in [7, 11) is -0.881. The third kappa shape index (κ3) is 12.1. The van der Waals surface area contributed by atoms with Crippen LogP contribution in [0.4, 0.5) is 0 Å². The van der Waals surface area contributed by atoms with Gasteiger partial charge in [-0.3, -0.25) is 9.54 Å². The van der Waals surface area contributed by atoms with Gasteiger partial charge in [0.2, 0.25) is 7.51 Å². The Morgan fingerprint density at radius 3 is 2.15 bits per heavy atom. The smallest absolute Gasteiger partial charge is 0.330 e. The number of hydrogen-bond donors (Lipinski definition) is 2. The van der Waals surface area contributed by atoms with Crippen molar-refractivity contribution in [2.75, 3.05) is 26.9 Å². The van der Waals surface area contributed by atoms with E-state index in [2.05, 4.69) is 4.74 Å². The highest BCUT2D eigenvalue weighted by molar-refractivity contribution is 7.55. The van der Waals surface area contributed by atoms with Crippen LogP contribution in [0.25, 0.3) is 0 Å². The van der Waals surface area contributed by atoms with Gasteiger partial charge in [0.1, 0.15) is 0 Å². The molecule has 2 N–H and O–H groups in total. The van der Waals surface area contributed by atoms with Gasteiger partial charge in [0.25, 0.3) is 0 Å². The highest BCUT2D eigenvalue weighted by atomic mass is 31.2. The predicted molar refractivity (Wildman–Crippen MR) is 78.2 cm³/mol. The first-order valence-electron chi connectivity index (χ1n) is 6.10. The molecule has 0 saturated carbocycles. The van der Waals surface area contributed by atoms with Crippen molar-refractivity contribution in [3.05, 3.63) is 0 Å². The van der Waals surface area contributed by atoms with E-state index < -0.39 is 26.1 Å². The summed E-state index contributed by atoms with van der Waals surface area (Å²) < 4.78 is 14.6. The lowest BCUT2D eigenvalue weighted by Crippen LogP contribution is -2.07.